The Hall–Kier alpha value is -1.38. The van der Waals surface area contributed by atoms with E-state index in [2.05, 4.69) is 38.0 Å². The van der Waals surface area contributed by atoms with Crippen molar-refractivity contribution < 1.29 is 9.32 Å². The molecule has 0 aliphatic carbocycles. The van der Waals surface area contributed by atoms with Gasteiger partial charge in [0.1, 0.15) is 6.04 Å². The second-order valence-electron chi connectivity index (χ2n) is 7.76. The molecule has 2 rings (SSSR count). The van der Waals surface area contributed by atoms with Gasteiger partial charge in [0, 0.05) is 25.2 Å². The molecule has 0 aromatic carbocycles. The smallest absolute Gasteiger partial charge is 0.315 e. The Morgan fingerprint density at radius 1 is 1.40 bits per heavy atom. The summed E-state index contributed by atoms with van der Waals surface area (Å²) >= 11 is 0. The number of aromatic nitrogens is 2. The van der Waals surface area contributed by atoms with E-state index in [0.29, 0.717) is 11.7 Å². The van der Waals surface area contributed by atoms with Crippen LogP contribution in [0.25, 0.3) is 0 Å². The SMILES string of the molecule is CC(C)[C@H](NC(=O)NC(C)(C)C)c1nc(C2CNCCN2C)no1.Cl. The van der Waals surface area contributed by atoms with Crippen molar-refractivity contribution in [2.75, 3.05) is 26.7 Å². The number of hydrogen-bond acceptors (Lipinski definition) is 6. The molecular weight excluding hydrogens is 344 g/mol. The van der Waals surface area contributed by atoms with Gasteiger partial charge >= 0.3 is 6.03 Å². The number of carbonyl (C=O) groups is 1. The second-order valence-corrected chi connectivity index (χ2v) is 7.76. The first-order chi connectivity index (χ1) is 11.2. The van der Waals surface area contributed by atoms with Crippen LogP contribution in [-0.4, -0.2) is 53.3 Å². The van der Waals surface area contributed by atoms with Gasteiger partial charge in [-0.3, -0.25) is 4.90 Å². The minimum absolute atomic E-state index is 0. The Morgan fingerprint density at radius 2 is 2.08 bits per heavy atom. The van der Waals surface area contributed by atoms with Gasteiger partial charge in [-0.1, -0.05) is 19.0 Å². The van der Waals surface area contributed by atoms with Crippen molar-refractivity contribution in [3.05, 3.63) is 11.7 Å². The summed E-state index contributed by atoms with van der Waals surface area (Å²) in [4.78, 5) is 18.9. The van der Waals surface area contributed by atoms with Crippen molar-refractivity contribution in [1.29, 1.82) is 0 Å². The Labute approximate surface area is 155 Å². The molecule has 0 saturated carbocycles. The van der Waals surface area contributed by atoms with E-state index in [4.69, 9.17) is 4.52 Å². The molecule has 1 unspecified atom stereocenters. The number of likely N-dealkylation sites (N-methyl/N-ethyl adjacent to an activating group) is 1. The zero-order chi connectivity index (χ0) is 17.9. The largest absolute Gasteiger partial charge is 0.337 e. The average molecular weight is 375 g/mol. The van der Waals surface area contributed by atoms with Gasteiger partial charge in [0.2, 0.25) is 5.89 Å². The van der Waals surface area contributed by atoms with E-state index in [1.165, 1.54) is 0 Å². The summed E-state index contributed by atoms with van der Waals surface area (Å²) in [6, 6.07) is -0.472. The second kappa shape index (κ2) is 8.82. The monoisotopic (exact) mass is 374 g/mol. The van der Waals surface area contributed by atoms with Crippen LogP contribution in [0.1, 0.15) is 58.4 Å². The molecule has 2 heterocycles. The molecule has 2 atom stereocenters. The fourth-order valence-electron chi connectivity index (χ4n) is 2.63. The number of nitrogens with one attached hydrogen (secondary N) is 3. The van der Waals surface area contributed by atoms with Gasteiger partial charge in [0.05, 0.1) is 6.04 Å². The summed E-state index contributed by atoms with van der Waals surface area (Å²) in [5.74, 6) is 1.23. The summed E-state index contributed by atoms with van der Waals surface area (Å²) in [5.41, 5.74) is -0.303. The van der Waals surface area contributed by atoms with Crippen molar-refractivity contribution in [2.24, 2.45) is 5.92 Å². The van der Waals surface area contributed by atoms with Crippen LogP contribution in [0.15, 0.2) is 4.52 Å². The quantitative estimate of drug-likeness (QED) is 0.744. The highest BCUT2D eigenvalue weighted by Gasteiger charge is 2.30. The molecule has 8 nitrogen and oxygen atoms in total. The molecule has 1 aliphatic heterocycles. The molecule has 1 aromatic heterocycles. The molecule has 1 fully saturated rings. The van der Waals surface area contributed by atoms with E-state index in [1.54, 1.807) is 0 Å². The van der Waals surface area contributed by atoms with Crippen LogP contribution < -0.4 is 16.0 Å². The maximum Gasteiger partial charge on any atom is 0.315 e. The van der Waals surface area contributed by atoms with Crippen LogP contribution in [-0.2, 0) is 0 Å². The highest BCUT2D eigenvalue weighted by molar-refractivity contribution is 5.85. The molecule has 1 aliphatic rings. The molecule has 1 aromatic rings. The lowest BCUT2D eigenvalue weighted by Gasteiger charge is -2.30. The van der Waals surface area contributed by atoms with Crippen molar-refractivity contribution in [2.45, 2.75) is 52.2 Å². The summed E-state index contributed by atoms with van der Waals surface area (Å²) in [6.07, 6.45) is 0. The van der Waals surface area contributed by atoms with Crippen molar-refractivity contribution in [3.63, 3.8) is 0 Å². The van der Waals surface area contributed by atoms with E-state index < -0.39 is 0 Å². The number of hydrogen-bond donors (Lipinski definition) is 3. The number of rotatable bonds is 4. The first kappa shape index (κ1) is 21.7. The molecular formula is C16H31ClN6O2. The third-order valence-electron chi connectivity index (χ3n) is 3.97. The third kappa shape index (κ3) is 6.13. The van der Waals surface area contributed by atoms with Crippen LogP contribution in [0.4, 0.5) is 4.79 Å². The summed E-state index contributed by atoms with van der Waals surface area (Å²) < 4.78 is 5.46. The lowest BCUT2D eigenvalue weighted by Crippen LogP contribution is -2.48. The molecule has 0 bridgehead atoms. The van der Waals surface area contributed by atoms with E-state index in [-0.39, 0.29) is 42.0 Å². The normalized spacial score (nSPS) is 20.0. The lowest BCUT2D eigenvalue weighted by molar-refractivity contribution is 0.189. The molecule has 0 radical (unpaired) electrons. The highest BCUT2D eigenvalue weighted by atomic mass is 35.5. The van der Waals surface area contributed by atoms with Gasteiger partial charge in [-0.15, -0.1) is 12.4 Å². The Bertz CT molecular complexity index is 557. The Balaban J connectivity index is 0.00000312. The standard InChI is InChI=1S/C16H30N6O2.ClH/c1-10(2)12(18-15(23)20-16(3,4)5)14-19-13(21-24-14)11-9-17-7-8-22(11)6;/h10-12,17H,7-9H2,1-6H3,(H2,18,20,23);1H/t11?,12-;/m0./s1. The van der Waals surface area contributed by atoms with Crippen LogP contribution in [0.3, 0.4) is 0 Å². The van der Waals surface area contributed by atoms with Gasteiger partial charge in [0.25, 0.3) is 0 Å². The summed E-state index contributed by atoms with van der Waals surface area (Å²) in [6.45, 7) is 12.5. The van der Waals surface area contributed by atoms with Crippen LogP contribution in [0.5, 0.6) is 0 Å². The Morgan fingerprint density at radius 3 is 2.64 bits per heavy atom. The number of carbonyl (C=O) groups excluding carboxylic acids is 1. The van der Waals surface area contributed by atoms with Gasteiger partial charge in [0.15, 0.2) is 5.82 Å². The van der Waals surface area contributed by atoms with Crippen molar-refractivity contribution in [3.8, 4) is 0 Å². The molecule has 9 heteroatoms. The molecule has 3 N–H and O–H groups in total. The number of halogens is 1. The Kier molecular flexibility index (Phi) is 7.64. The van der Waals surface area contributed by atoms with E-state index in [0.717, 1.165) is 19.6 Å². The summed E-state index contributed by atoms with van der Waals surface area (Å²) in [7, 11) is 2.05. The summed E-state index contributed by atoms with van der Waals surface area (Å²) in [5, 5.41) is 13.3. The minimum atomic E-state index is -0.324. The van der Waals surface area contributed by atoms with Gasteiger partial charge in [-0.2, -0.15) is 4.98 Å². The fraction of sp³-hybridized carbons (Fsp3) is 0.812. The van der Waals surface area contributed by atoms with Crippen molar-refractivity contribution >= 4 is 18.4 Å². The first-order valence-corrected chi connectivity index (χ1v) is 8.50. The highest BCUT2D eigenvalue weighted by Crippen LogP contribution is 2.24. The molecule has 25 heavy (non-hydrogen) atoms. The number of piperazine rings is 1. The van der Waals surface area contributed by atoms with Crippen LogP contribution in [0, 0.1) is 5.92 Å². The van der Waals surface area contributed by atoms with E-state index >= 15 is 0 Å². The molecule has 2 amide bonds. The molecule has 1 saturated heterocycles. The lowest BCUT2D eigenvalue weighted by atomic mass is 10.0. The first-order valence-electron chi connectivity index (χ1n) is 8.50. The maximum absolute atomic E-state index is 12.2. The number of amides is 2. The third-order valence-corrected chi connectivity index (χ3v) is 3.97. The van der Waals surface area contributed by atoms with Crippen LogP contribution >= 0.6 is 12.4 Å². The molecule has 0 spiro atoms. The van der Waals surface area contributed by atoms with Gasteiger partial charge in [-0.25, -0.2) is 4.79 Å². The molecule has 144 valence electrons. The zero-order valence-electron chi connectivity index (χ0n) is 15.9. The predicted molar refractivity (Wildman–Crippen MR) is 98.8 cm³/mol. The van der Waals surface area contributed by atoms with E-state index in [9.17, 15) is 4.79 Å². The topological polar surface area (TPSA) is 95.3 Å². The van der Waals surface area contributed by atoms with Gasteiger partial charge < -0.3 is 20.5 Å². The minimum Gasteiger partial charge on any atom is -0.337 e. The van der Waals surface area contributed by atoms with Crippen molar-refractivity contribution in [1.82, 2.24) is 31.0 Å². The number of urea groups is 1. The number of nitrogens with zero attached hydrogens (tertiary/aromatic N) is 3. The van der Waals surface area contributed by atoms with Crippen LogP contribution in [0.2, 0.25) is 0 Å². The maximum atomic E-state index is 12.2. The predicted octanol–water partition coefficient (Wildman–Crippen LogP) is 1.86. The average Bonchev–Trinajstić information content (AvgIpc) is 2.92. The van der Waals surface area contributed by atoms with Gasteiger partial charge in [-0.05, 0) is 33.7 Å². The fourth-order valence-corrected chi connectivity index (χ4v) is 2.63. The van der Waals surface area contributed by atoms with E-state index in [1.807, 2.05) is 34.6 Å². The zero-order valence-corrected chi connectivity index (χ0v) is 16.7.